The molecule has 6 nitrogen and oxygen atoms in total. The van der Waals surface area contributed by atoms with Gasteiger partial charge in [0.2, 0.25) is 11.9 Å². The summed E-state index contributed by atoms with van der Waals surface area (Å²) >= 11 is 3.42. The molecule has 1 aromatic carbocycles. The summed E-state index contributed by atoms with van der Waals surface area (Å²) in [6.07, 6.45) is 0. The lowest BCUT2D eigenvalue weighted by molar-refractivity contribution is 0.312. The maximum Gasteiger partial charge on any atom is 0.323 e. The van der Waals surface area contributed by atoms with Crippen molar-refractivity contribution in [3.8, 4) is 6.01 Å². The highest BCUT2D eigenvalue weighted by Gasteiger charge is 2.07. The van der Waals surface area contributed by atoms with Gasteiger partial charge in [0.15, 0.2) is 0 Å². The minimum absolute atomic E-state index is 0.121. The van der Waals surface area contributed by atoms with Crippen LogP contribution in [0.25, 0.3) is 0 Å². The van der Waals surface area contributed by atoms with E-state index in [0.717, 1.165) is 15.7 Å². The normalized spacial score (nSPS) is 10.3. The molecule has 0 saturated carbocycles. The average molecular weight is 324 g/mol. The van der Waals surface area contributed by atoms with Crippen LogP contribution >= 0.6 is 15.9 Å². The molecule has 19 heavy (non-hydrogen) atoms. The van der Waals surface area contributed by atoms with Gasteiger partial charge in [0.25, 0.3) is 0 Å². The Hall–Kier alpha value is -1.89. The Bertz CT molecular complexity index is 590. The minimum Gasteiger partial charge on any atom is -0.464 e. The number of hydrogen-bond acceptors (Lipinski definition) is 6. The third-order valence-electron chi connectivity index (χ3n) is 2.34. The van der Waals surface area contributed by atoms with Gasteiger partial charge in [0.1, 0.15) is 0 Å². The van der Waals surface area contributed by atoms with Crippen LogP contribution in [0, 0.1) is 6.92 Å². The molecule has 0 spiro atoms. The third-order valence-corrected chi connectivity index (χ3v) is 2.83. The van der Waals surface area contributed by atoms with Crippen LogP contribution in [0.3, 0.4) is 0 Å². The molecule has 0 unspecified atom stereocenters. The number of nitrogens with zero attached hydrogens (tertiary/aromatic N) is 3. The number of hydrogen-bond donors (Lipinski definition) is 2. The molecular formula is C12H14BrN5O. The van der Waals surface area contributed by atoms with Gasteiger partial charge in [0, 0.05) is 10.2 Å². The fourth-order valence-electron chi connectivity index (χ4n) is 1.51. The van der Waals surface area contributed by atoms with E-state index >= 15 is 0 Å². The molecule has 2 rings (SSSR count). The highest BCUT2D eigenvalue weighted by Crippen LogP contribution is 2.23. The summed E-state index contributed by atoms with van der Waals surface area (Å²) < 4.78 is 6.24. The second-order valence-corrected chi connectivity index (χ2v) is 4.73. The number of nitrogens with two attached hydrogens (primary N) is 1. The Kier molecular flexibility index (Phi) is 4.16. The number of aryl methyl sites for hydroxylation is 1. The largest absolute Gasteiger partial charge is 0.464 e. The molecular weight excluding hydrogens is 310 g/mol. The van der Waals surface area contributed by atoms with Crippen molar-refractivity contribution in [2.75, 3.05) is 17.7 Å². The molecule has 1 heterocycles. The molecule has 7 heteroatoms. The number of aromatic nitrogens is 3. The van der Waals surface area contributed by atoms with E-state index in [1.54, 1.807) is 0 Å². The number of rotatable bonds is 4. The van der Waals surface area contributed by atoms with Crippen LogP contribution in [0.2, 0.25) is 0 Å². The van der Waals surface area contributed by atoms with Crippen LogP contribution in [-0.2, 0) is 0 Å². The van der Waals surface area contributed by atoms with E-state index in [4.69, 9.17) is 10.5 Å². The fourth-order valence-corrected chi connectivity index (χ4v) is 1.98. The maximum atomic E-state index is 5.62. The molecule has 3 N–H and O–H groups in total. The van der Waals surface area contributed by atoms with Crippen molar-refractivity contribution in [1.82, 2.24) is 15.0 Å². The first kappa shape index (κ1) is 13.5. The average Bonchev–Trinajstić information content (AvgIpc) is 2.32. The number of nitrogens with one attached hydrogen (secondary N) is 1. The zero-order valence-corrected chi connectivity index (χ0v) is 12.2. The molecule has 0 amide bonds. The van der Waals surface area contributed by atoms with Gasteiger partial charge >= 0.3 is 6.01 Å². The summed E-state index contributed by atoms with van der Waals surface area (Å²) in [6, 6.07) is 6.08. The van der Waals surface area contributed by atoms with Crippen molar-refractivity contribution in [2.24, 2.45) is 0 Å². The summed E-state index contributed by atoms with van der Waals surface area (Å²) in [5, 5.41) is 3.10. The molecule has 0 aliphatic heterocycles. The number of halogens is 1. The summed E-state index contributed by atoms with van der Waals surface area (Å²) in [6.45, 7) is 4.31. The zero-order valence-electron chi connectivity index (χ0n) is 10.6. The number of benzene rings is 1. The molecule has 0 saturated heterocycles. The van der Waals surface area contributed by atoms with E-state index in [1.165, 1.54) is 0 Å². The lowest BCUT2D eigenvalue weighted by Gasteiger charge is -2.09. The van der Waals surface area contributed by atoms with E-state index in [9.17, 15) is 0 Å². The fraction of sp³-hybridized carbons (Fsp3) is 0.250. The van der Waals surface area contributed by atoms with Crippen molar-refractivity contribution in [1.29, 1.82) is 0 Å². The third kappa shape index (κ3) is 3.54. The minimum atomic E-state index is 0.121. The number of anilines is 3. The topological polar surface area (TPSA) is 86.0 Å². The van der Waals surface area contributed by atoms with Gasteiger partial charge in [-0.15, -0.1) is 0 Å². The summed E-state index contributed by atoms with van der Waals surface area (Å²) in [7, 11) is 0. The van der Waals surface area contributed by atoms with Crippen LogP contribution < -0.4 is 15.8 Å². The van der Waals surface area contributed by atoms with E-state index in [2.05, 4.69) is 36.2 Å². The first-order chi connectivity index (χ1) is 9.08. The number of nitrogen functional groups attached to an aromatic ring is 1. The molecule has 100 valence electrons. The predicted octanol–water partition coefficient (Wildman–Crippen LogP) is 2.67. The van der Waals surface area contributed by atoms with Crippen molar-refractivity contribution in [2.45, 2.75) is 13.8 Å². The maximum absolute atomic E-state index is 5.62. The Morgan fingerprint density at radius 2 is 2.11 bits per heavy atom. The molecule has 0 radical (unpaired) electrons. The SMILES string of the molecule is CCOc1nc(N)nc(Nc2ccc(Br)cc2C)n1. The van der Waals surface area contributed by atoms with Crippen molar-refractivity contribution < 1.29 is 4.74 Å². The molecule has 0 atom stereocenters. The standard InChI is InChI=1S/C12H14BrN5O/c1-3-19-12-17-10(14)16-11(18-12)15-9-5-4-8(13)6-7(9)2/h4-6H,3H2,1-2H3,(H3,14,15,16,17,18). The summed E-state index contributed by atoms with van der Waals surface area (Å²) in [5.41, 5.74) is 7.58. The van der Waals surface area contributed by atoms with Crippen LogP contribution in [0.1, 0.15) is 12.5 Å². The first-order valence-electron chi connectivity index (χ1n) is 5.76. The van der Waals surface area contributed by atoms with Crippen molar-refractivity contribution >= 4 is 33.5 Å². The van der Waals surface area contributed by atoms with E-state index in [1.807, 2.05) is 32.0 Å². The van der Waals surface area contributed by atoms with Crippen LogP contribution in [-0.4, -0.2) is 21.6 Å². The Morgan fingerprint density at radius 3 is 2.79 bits per heavy atom. The van der Waals surface area contributed by atoms with Crippen LogP contribution in [0.5, 0.6) is 6.01 Å². The Morgan fingerprint density at radius 1 is 1.32 bits per heavy atom. The lowest BCUT2D eigenvalue weighted by atomic mass is 10.2. The van der Waals surface area contributed by atoms with Crippen molar-refractivity contribution in [3.63, 3.8) is 0 Å². The highest BCUT2D eigenvalue weighted by atomic mass is 79.9. The molecule has 0 aliphatic carbocycles. The smallest absolute Gasteiger partial charge is 0.323 e. The van der Waals surface area contributed by atoms with Gasteiger partial charge in [0.05, 0.1) is 6.61 Å². The van der Waals surface area contributed by atoms with Gasteiger partial charge in [-0.05, 0) is 37.6 Å². The van der Waals surface area contributed by atoms with E-state index < -0.39 is 0 Å². The zero-order chi connectivity index (χ0) is 13.8. The van der Waals surface area contributed by atoms with Gasteiger partial charge < -0.3 is 15.8 Å². The van der Waals surface area contributed by atoms with E-state index in [-0.39, 0.29) is 12.0 Å². The van der Waals surface area contributed by atoms with Crippen LogP contribution in [0.15, 0.2) is 22.7 Å². The van der Waals surface area contributed by atoms with Gasteiger partial charge in [-0.3, -0.25) is 0 Å². The Balaban J connectivity index is 2.27. The molecule has 2 aromatic rings. The summed E-state index contributed by atoms with van der Waals surface area (Å²) in [5.74, 6) is 0.483. The monoisotopic (exact) mass is 323 g/mol. The molecule has 0 aliphatic rings. The Labute approximate surface area is 119 Å². The van der Waals surface area contributed by atoms with Crippen LogP contribution in [0.4, 0.5) is 17.6 Å². The van der Waals surface area contributed by atoms with Gasteiger partial charge in [-0.1, -0.05) is 15.9 Å². The number of ether oxygens (including phenoxy) is 1. The van der Waals surface area contributed by atoms with Gasteiger partial charge in [-0.25, -0.2) is 0 Å². The molecule has 1 aromatic heterocycles. The lowest BCUT2D eigenvalue weighted by Crippen LogP contribution is -2.07. The first-order valence-corrected chi connectivity index (χ1v) is 6.55. The van der Waals surface area contributed by atoms with Crippen molar-refractivity contribution in [3.05, 3.63) is 28.2 Å². The molecule has 0 fully saturated rings. The second-order valence-electron chi connectivity index (χ2n) is 3.82. The quantitative estimate of drug-likeness (QED) is 0.899. The second kappa shape index (κ2) is 5.83. The molecule has 0 bridgehead atoms. The highest BCUT2D eigenvalue weighted by molar-refractivity contribution is 9.10. The summed E-state index contributed by atoms with van der Waals surface area (Å²) in [4.78, 5) is 12.1. The van der Waals surface area contributed by atoms with E-state index in [0.29, 0.717) is 12.6 Å². The predicted molar refractivity (Wildman–Crippen MR) is 77.6 cm³/mol. The van der Waals surface area contributed by atoms with Gasteiger partial charge in [-0.2, -0.15) is 15.0 Å².